The van der Waals surface area contributed by atoms with Crippen molar-refractivity contribution in [3.05, 3.63) is 120 Å². The maximum absolute atomic E-state index is 14.0. The number of carbonyl (C=O) groups is 2. The highest BCUT2D eigenvalue weighted by Crippen LogP contribution is 2.32. The van der Waals surface area contributed by atoms with E-state index in [1.807, 2.05) is 72.8 Å². The highest BCUT2D eigenvalue weighted by atomic mass is 32.2. The summed E-state index contributed by atoms with van der Waals surface area (Å²) < 4.78 is 49.5. The molecule has 6 rings (SSSR count). The average molecular weight is 672 g/mol. The van der Waals surface area contributed by atoms with Crippen LogP contribution in [0.15, 0.2) is 108 Å². The van der Waals surface area contributed by atoms with Crippen molar-refractivity contribution in [3.63, 3.8) is 0 Å². The number of hydrogen-bond acceptors (Lipinski definition) is 8. The van der Waals surface area contributed by atoms with Gasteiger partial charge >= 0.3 is 0 Å². The number of nitrogens with zero attached hydrogens (tertiary/aromatic N) is 2. The van der Waals surface area contributed by atoms with E-state index in [4.69, 9.17) is 18.9 Å². The van der Waals surface area contributed by atoms with Crippen molar-refractivity contribution in [1.29, 1.82) is 0 Å². The van der Waals surface area contributed by atoms with Gasteiger partial charge in [0.15, 0.2) is 18.1 Å². The Kier molecular flexibility index (Phi) is 10.5. The number of fused-ring (bicyclic) bond motifs is 1. The molecule has 4 aromatic carbocycles. The summed E-state index contributed by atoms with van der Waals surface area (Å²) in [5.74, 6) is 0.879. The van der Waals surface area contributed by atoms with E-state index in [0.717, 1.165) is 16.7 Å². The number of benzene rings is 4. The summed E-state index contributed by atoms with van der Waals surface area (Å²) in [5.41, 5.74) is 2.57. The minimum Gasteiger partial charge on any atom is -0.484 e. The number of carbonyl (C=O) groups excluding carboxylic acids is 2. The minimum atomic E-state index is -3.67. The first kappa shape index (κ1) is 33.0. The maximum atomic E-state index is 14.0. The smallest absolute Gasteiger partial charge is 0.261 e. The molecule has 1 atom stereocenters. The lowest BCUT2D eigenvalue weighted by atomic mass is 10.0. The fourth-order valence-corrected chi connectivity index (χ4v) is 6.97. The third kappa shape index (κ3) is 8.14. The maximum Gasteiger partial charge on any atom is 0.261 e. The minimum absolute atomic E-state index is 0.135. The van der Waals surface area contributed by atoms with Crippen LogP contribution in [0, 0.1) is 0 Å². The molecule has 12 heteroatoms. The van der Waals surface area contributed by atoms with Crippen molar-refractivity contribution in [2.24, 2.45) is 0 Å². The zero-order valence-corrected chi connectivity index (χ0v) is 27.1. The van der Waals surface area contributed by atoms with Crippen LogP contribution in [0.25, 0.3) is 0 Å². The number of amides is 2. The molecule has 2 aliphatic heterocycles. The highest BCUT2D eigenvalue weighted by Gasteiger charge is 2.31. The fourth-order valence-electron chi connectivity index (χ4n) is 5.56. The van der Waals surface area contributed by atoms with Crippen molar-refractivity contribution in [3.8, 4) is 17.2 Å². The molecule has 0 unspecified atom stereocenters. The van der Waals surface area contributed by atoms with Crippen molar-refractivity contribution < 1.29 is 37.0 Å². The molecule has 4 aromatic rings. The lowest BCUT2D eigenvalue weighted by Crippen LogP contribution is -2.51. The SMILES string of the molecule is O=C(NCc1ccc2c(c1)OCO2)[C@@H](Cc1ccccc1)N(Cc1ccccc1)C(=O)COc1ccc(S(=O)(=O)N2CCOCC2)cc1. The molecule has 1 fully saturated rings. The average Bonchev–Trinajstić information content (AvgIpc) is 3.61. The Hall–Kier alpha value is -4.91. The summed E-state index contributed by atoms with van der Waals surface area (Å²) in [5, 5.41) is 3.01. The number of nitrogens with one attached hydrogen (secondary N) is 1. The molecule has 0 spiro atoms. The molecule has 2 heterocycles. The number of hydrogen-bond donors (Lipinski definition) is 1. The van der Waals surface area contributed by atoms with Crippen LogP contribution in [-0.4, -0.2) is 75.2 Å². The number of morpholine rings is 1. The van der Waals surface area contributed by atoms with E-state index < -0.39 is 22.0 Å². The molecule has 48 heavy (non-hydrogen) atoms. The first-order valence-corrected chi connectivity index (χ1v) is 17.2. The largest absolute Gasteiger partial charge is 0.484 e. The lowest BCUT2D eigenvalue weighted by molar-refractivity contribution is -0.142. The second-order valence-electron chi connectivity index (χ2n) is 11.4. The predicted octanol–water partition coefficient (Wildman–Crippen LogP) is 3.77. The molecule has 2 aliphatic rings. The molecule has 0 bridgehead atoms. The fraction of sp³-hybridized carbons (Fsp3) is 0.278. The molecule has 0 saturated carbocycles. The summed E-state index contributed by atoms with van der Waals surface area (Å²) in [6, 6.07) is 29.6. The zero-order valence-electron chi connectivity index (χ0n) is 26.3. The molecular weight excluding hydrogens is 634 g/mol. The number of sulfonamides is 1. The molecular formula is C36H37N3O8S. The summed E-state index contributed by atoms with van der Waals surface area (Å²) in [7, 11) is -3.67. The number of ether oxygens (including phenoxy) is 4. The Morgan fingerprint density at radius 1 is 0.812 bits per heavy atom. The molecule has 250 valence electrons. The van der Waals surface area contributed by atoms with Crippen LogP contribution in [0.2, 0.25) is 0 Å². The predicted molar refractivity (Wildman–Crippen MR) is 177 cm³/mol. The third-order valence-electron chi connectivity index (χ3n) is 8.16. The number of rotatable bonds is 13. The Bertz CT molecular complexity index is 1800. The van der Waals surface area contributed by atoms with E-state index in [-0.39, 0.29) is 43.7 Å². The van der Waals surface area contributed by atoms with Crippen molar-refractivity contribution in [2.75, 3.05) is 39.7 Å². The molecule has 2 amide bonds. The van der Waals surface area contributed by atoms with Gasteiger partial charge in [0.2, 0.25) is 22.7 Å². The summed E-state index contributed by atoms with van der Waals surface area (Å²) in [4.78, 5) is 29.6. The van der Waals surface area contributed by atoms with Gasteiger partial charge in [-0.25, -0.2) is 8.42 Å². The molecule has 1 saturated heterocycles. The monoisotopic (exact) mass is 671 g/mol. The Morgan fingerprint density at radius 3 is 2.19 bits per heavy atom. The molecule has 0 aromatic heterocycles. The normalized spacial score (nSPS) is 15.0. The van der Waals surface area contributed by atoms with Crippen molar-refractivity contribution >= 4 is 21.8 Å². The van der Waals surface area contributed by atoms with E-state index in [9.17, 15) is 18.0 Å². The molecule has 11 nitrogen and oxygen atoms in total. The first-order chi connectivity index (χ1) is 23.4. The van der Waals surface area contributed by atoms with Gasteiger partial charge in [-0.1, -0.05) is 66.7 Å². The van der Waals surface area contributed by atoms with E-state index in [1.54, 1.807) is 6.07 Å². The van der Waals surface area contributed by atoms with Gasteiger partial charge in [-0.3, -0.25) is 9.59 Å². The van der Waals surface area contributed by atoms with Crippen LogP contribution in [-0.2, 0) is 43.9 Å². The third-order valence-corrected chi connectivity index (χ3v) is 10.1. The van der Waals surface area contributed by atoms with Gasteiger partial charge in [0.25, 0.3) is 5.91 Å². The van der Waals surface area contributed by atoms with Gasteiger partial charge < -0.3 is 29.2 Å². The first-order valence-electron chi connectivity index (χ1n) is 15.7. The molecule has 0 radical (unpaired) electrons. The summed E-state index contributed by atoms with van der Waals surface area (Å²) >= 11 is 0. The van der Waals surface area contributed by atoms with Crippen molar-refractivity contribution in [2.45, 2.75) is 30.4 Å². The van der Waals surface area contributed by atoms with Gasteiger partial charge in [-0.05, 0) is 53.1 Å². The van der Waals surface area contributed by atoms with E-state index in [0.29, 0.717) is 43.6 Å². The van der Waals surface area contributed by atoms with Crippen LogP contribution in [0.1, 0.15) is 16.7 Å². The topological polar surface area (TPSA) is 124 Å². The summed E-state index contributed by atoms with van der Waals surface area (Å²) in [6.07, 6.45) is 0.278. The molecule has 1 N–H and O–H groups in total. The van der Waals surface area contributed by atoms with Crippen LogP contribution >= 0.6 is 0 Å². The summed E-state index contributed by atoms with van der Waals surface area (Å²) in [6.45, 7) is 1.48. The zero-order chi connectivity index (χ0) is 33.3. The second-order valence-corrected chi connectivity index (χ2v) is 13.3. The van der Waals surface area contributed by atoms with Gasteiger partial charge in [0.1, 0.15) is 11.8 Å². The quantitative estimate of drug-likeness (QED) is 0.228. The van der Waals surface area contributed by atoms with Gasteiger partial charge in [0, 0.05) is 32.6 Å². The second kappa shape index (κ2) is 15.3. The lowest BCUT2D eigenvalue weighted by Gasteiger charge is -2.31. The van der Waals surface area contributed by atoms with Crippen LogP contribution in [0.5, 0.6) is 17.2 Å². The van der Waals surface area contributed by atoms with Gasteiger partial charge in [-0.15, -0.1) is 0 Å². The van der Waals surface area contributed by atoms with Gasteiger partial charge in [-0.2, -0.15) is 4.31 Å². The molecule has 0 aliphatic carbocycles. The van der Waals surface area contributed by atoms with Crippen LogP contribution < -0.4 is 19.5 Å². The Balaban J connectivity index is 1.20. The highest BCUT2D eigenvalue weighted by molar-refractivity contribution is 7.89. The van der Waals surface area contributed by atoms with Gasteiger partial charge in [0.05, 0.1) is 18.1 Å². The van der Waals surface area contributed by atoms with Crippen LogP contribution in [0.4, 0.5) is 0 Å². The van der Waals surface area contributed by atoms with E-state index in [2.05, 4.69) is 5.32 Å². The van der Waals surface area contributed by atoms with E-state index >= 15 is 0 Å². The van der Waals surface area contributed by atoms with E-state index in [1.165, 1.54) is 33.5 Å². The van der Waals surface area contributed by atoms with Crippen LogP contribution in [0.3, 0.4) is 0 Å². The standard InChI is InChI=1S/C36H37N3O8S/c40-35(25-45-30-12-14-31(15-13-30)48(42,43)38-17-19-44-20-18-38)39(24-28-9-5-2-6-10-28)32(21-27-7-3-1-4-8-27)36(41)37-23-29-11-16-33-34(22-29)47-26-46-33/h1-16,22,32H,17-21,23-26H2,(H,37,41)/t32-/m1/s1. The Morgan fingerprint density at radius 2 is 1.48 bits per heavy atom. The van der Waals surface area contributed by atoms with Crippen molar-refractivity contribution in [1.82, 2.24) is 14.5 Å². The Labute approximate surface area is 280 Å².